The third-order valence-electron chi connectivity index (χ3n) is 2.42. The number of nitrogens with zero attached hydrogens (tertiary/aromatic N) is 1. The summed E-state index contributed by atoms with van der Waals surface area (Å²) in [5.41, 5.74) is 0. The molecule has 1 aliphatic rings. The molecule has 0 saturated carbocycles. The summed E-state index contributed by atoms with van der Waals surface area (Å²) in [7, 11) is 3.81. The van der Waals surface area contributed by atoms with E-state index < -0.39 is 9.05 Å². The third kappa shape index (κ3) is 4.98. The predicted octanol–water partition coefficient (Wildman–Crippen LogP) is 1.45. The molecule has 1 saturated heterocycles. The van der Waals surface area contributed by atoms with Crippen molar-refractivity contribution in [1.82, 2.24) is 4.90 Å². The molecule has 1 atom stereocenters. The third-order valence-corrected chi connectivity index (χ3v) is 3.39. The van der Waals surface area contributed by atoms with E-state index in [4.69, 9.17) is 10.7 Å². The number of likely N-dealkylation sites (tertiary alicyclic amines) is 1. The molecule has 14 heavy (non-hydrogen) atoms. The second kappa shape index (κ2) is 5.14. The highest BCUT2D eigenvalue weighted by molar-refractivity contribution is 8.13. The minimum absolute atomic E-state index is 0.0584. The van der Waals surface area contributed by atoms with Crippen molar-refractivity contribution in [3.63, 3.8) is 0 Å². The lowest BCUT2D eigenvalue weighted by atomic mass is 10.1. The van der Waals surface area contributed by atoms with Crippen molar-refractivity contribution >= 4 is 19.7 Å². The van der Waals surface area contributed by atoms with E-state index >= 15 is 0 Å². The van der Waals surface area contributed by atoms with Gasteiger partial charge in [-0.05, 0) is 32.4 Å². The number of halogens is 1. The number of rotatable bonds is 4. The van der Waals surface area contributed by atoms with E-state index in [1.165, 1.54) is 6.42 Å². The maximum atomic E-state index is 10.6. The van der Waals surface area contributed by atoms with Crippen LogP contribution < -0.4 is 0 Å². The minimum Gasteiger partial charge on any atom is -0.306 e. The Kier molecular flexibility index (Phi) is 4.41. The summed E-state index contributed by atoms with van der Waals surface area (Å²) in [6.07, 6.45) is 5.72. The number of allylic oxidation sites excluding steroid dienone is 1. The normalized spacial score (nSPS) is 24.9. The van der Waals surface area contributed by atoms with E-state index in [0.29, 0.717) is 5.92 Å². The Labute approximate surface area is 90.2 Å². The Morgan fingerprint density at radius 3 is 2.71 bits per heavy atom. The highest BCUT2D eigenvalue weighted by Gasteiger charge is 2.17. The molecule has 1 aliphatic heterocycles. The van der Waals surface area contributed by atoms with Crippen molar-refractivity contribution in [3.8, 4) is 0 Å². The Morgan fingerprint density at radius 1 is 1.50 bits per heavy atom. The summed E-state index contributed by atoms with van der Waals surface area (Å²) in [4.78, 5) is 2.29. The molecule has 1 heterocycles. The van der Waals surface area contributed by atoms with Crippen LogP contribution in [-0.4, -0.2) is 39.2 Å². The molecule has 0 aromatic rings. The van der Waals surface area contributed by atoms with Crippen LogP contribution in [0.4, 0.5) is 0 Å². The first-order chi connectivity index (χ1) is 6.47. The average molecular weight is 238 g/mol. The molecule has 3 nitrogen and oxygen atoms in total. The molecule has 0 aromatic heterocycles. The van der Waals surface area contributed by atoms with Crippen molar-refractivity contribution in [2.24, 2.45) is 5.92 Å². The summed E-state index contributed by atoms with van der Waals surface area (Å²) in [5, 5.41) is 0. The second-order valence-electron chi connectivity index (χ2n) is 3.83. The molecule has 0 spiro atoms. The summed E-state index contributed by atoms with van der Waals surface area (Å²) >= 11 is 0. The standard InChI is InChI=1S/C9H16ClNO2S/c1-11-6-5-9(8-11)4-2-3-7-14(10,12)13/h2-3,9H,4-8H2,1H3/b3-2-. The Morgan fingerprint density at radius 2 is 2.21 bits per heavy atom. The zero-order valence-electron chi connectivity index (χ0n) is 8.32. The smallest absolute Gasteiger partial charge is 0.236 e. The second-order valence-corrected chi connectivity index (χ2v) is 6.65. The molecule has 1 unspecified atom stereocenters. The van der Waals surface area contributed by atoms with Crippen molar-refractivity contribution in [1.29, 1.82) is 0 Å². The lowest BCUT2D eigenvalue weighted by Crippen LogP contribution is -2.13. The van der Waals surface area contributed by atoms with Crippen molar-refractivity contribution in [2.45, 2.75) is 12.8 Å². The van der Waals surface area contributed by atoms with Gasteiger partial charge in [0.25, 0.3) is 0 Å². The maximum Gasteiger partial charge on any atom is 0.236 e. The fourth-order valence-corrected chi connectivity index (χ4v) is 2.27. The molecule has 0 N–H and O–H groups in total. The minimum atomic E-state index is -3.36. The van der Waals surface area contributed by atoms with E-state index in [9.17, 15) is 8.42 Å². The van der Waals surface area contributed by atoms with Gasteiger partial charge in [-0.1, -0.05) is 12.2 Å². The van der Waals surface area contributed by atoms with Gasteiger partial charge < -0.3 is 4.90 Å². The number of hydrogen-bond donors (Lipinski definition) is 0. The fraction of sp³-hybridized carbons (Fsp3) is 0.778. The van der Waals surface area contributed by atoms with Crippen LogP contribution in [0.25, 0.3) is 0 Å². The molecule has 0 aromatic carbocycles. The van der Waals surface area contributed by atoms with Crippen molar-refractivity contribution in [2.75, 3.05) is 25.9 Å². The summed E-state index contributed by atoms with van der Waals surface area (Å²) in [6, 6.07) is 0. The molecule has 1 fully saturated rings. The van der Waals surface area contributed by atoms with Crippen molar-refractivity contribution < 1.29 is 8.42 Å². The summed E-state index contributed by atoms with van der Waals surface area (Å²) in [5.74, 6) is 0.617. The quantitative estimate of drug-likeness (QED) is 0.549. The largest absolute Gasteiger partial charge is 0.306 e. The van der Waals surface area contributed by atoms with Crippen LogP contribution in [0.3, 0.4) is 0 Å². The first kappa shape index (κ1) is 12.0. The molecule has 0 aliphatic carbocycles. The molecule has 0 radical (unpaired) electrons. The summed E-state index contributed by atoms with van der Waals surface area (Å²) in [6.45, 7) is 2.25. The van der Waals surface area contributed by atoms with Gasteiger partial charge in [0.05, 0.1) is 5.75 Å². The van der Waals surface area contributed by atoms with Gasteiger partial charge in [0.2, 0.25) is 9.05 Å². The average Bonchev–Trinajstić information content (AvgIpc) is 2.44. The topological polar surface area (TPSA) is 37.4 Å². The van der Waals surface area contributed by atoms with E-state index in [1.54, 1.807) is 6.08 Å². The van der Waals surface area contributed by atoms with Gasteiger partial charge in [-0.25, -0.2) is 8.42 Å². The van der Waals surface area contributed by atoms with Crippen LogP contribution in [0.15, 0.2) is 12.2 Å². The first-order valence-corrected chi connectivity index (χ1v) is 7.21. The van der Waals surface area contributed by atoms with Gasteiger partial charge in [-0.2, -0.15) is 0 Å². The number of hydrogen-bond acceptors (Lipinski definition) is 3. The zero-order chi connectivity index (χ0) is 10.6. The van der Waals surface area contributed by atoms with Crippen molar-refractivity contribution in [3.05, 3.63) is 12.2 Å². The Balaban J connectivity index is 2.21. The van der Waals surface area contributed by atoms with Gasteiger partial charge >= 0.3 is 0 Å². The Hall–Kier alpha value is -0.0600. The molecular weight excluding hydrogens is 222 g/mol. The summed E-state index contributed by atoms with van der Waals surface area (Å²) < 4.78 is 21.2. The first-order valence-electron chi connectivity index (χ1n) is 4.73. The predicted molar refractivity (Wildman–Crippen MR) is 59.0 cm³/mol. The highest BCUT2D eigenvalue weighted by atomic mass is 35.7. The van der Waals surface area contributed by atoms with E-state index in [0.717, 1.165) is 19.5 Å². The molecule has 82 valence electrons. The fourth-order valence-electron chi connectivity index (χ4n) is 1.69. The van der Waals surface area contributed by atoms with E-state index in [1.807, 2.05) is 6.08 Å². The van der Waals surface area contributed by atoms with Gasteiger partial charge in [0, 0.05) is 17.2 Å². The van der Waals surface area contributed by atoms with E-state index in [-0.39, 0.29) is 5.75 Å². The van der Waals surface area contributed by atoms with Gasteiger partial charge in [-0.15, -0.1) is 0 Å². The van der Waals surface area contributed by atoms with Crippen LogP contribution >= 0.6 is 10.7 Å². The van der Waals surface area contributed by atoms with Crippen LogP contribution in [0, 0.1) is 5.92 Å². The Bertz CT molecular complexity index is 300. The van der Waals surface area contributed by atoms with Gasteiger partial charge in [0.15, 0.2) is 0 Å². The SMILES string of the molecule is CN1CCC(C/C=C\CS(=O)(=O)Cl)C1. The zero-order valence-corrected chi connectivity index (χ0v) is 9.89. The molecule has 0 amide bonds. The van der Waals surface area contributed by atoms with Crippen LogP contribution in [-0.2, 0) is 9.05 Å². The molecule has 5 heteroatoms. The van der Waals surface area contributed by atoms with Crippen LogP contribution in [0.2, 0.25) is 0 Å². The van der Waals surface area contributed by atoms with E-state index in [2.05, 4.69) is 11.9 Å². The monoisotopic (exact) mass is 237 g/mol. The van der Waals surface area contributed by atoms with Crippen LogP contribution in [0.5, 0.6) is 0 Å². The van der Waals surface area contributed by atoms with Gasteiger partial charge in [-0.3, -0.25) is 0 Å². The lowest BCUT2D eigenvalue weighted by molar-refractivity contribution is 0.396. The maximum absolute atomic E-state index is 10.6. The molecule has 0 bridgehead atoms. The lowest BCUT2D eigenvalue weighted by Gasteiger charge is -2.06. The highest BCUT2D eigenvalue weighted by Crippen LogP contribution is 2.18. The molecular formula is C9H16ClNO2S. The van der Waals surface area contributed by atoms with Gasteiger partial charge in [0.1, 0.15) is 0 Å². The van der Waals surface area contributed by atoms with Crippen LogP contribution in [0.1, 0.15) is 12.8 Å². The molecule has 1 rings (SSSR count).